The molecule has 2 N–H and O–H groups in total. The van der Waals surface area contributed by atoms with Crippen molar-refractivity contribution in [3.63, 3.8) is 0 Å². The van der Waals surface area contributed by atoms with Gasteiger partial charge in [0.25, 0.3) is 10.2 Å². The molecule has 116 valence electrons. The van der Waals surface area contributed by atoms with Crippen LogP contribution in [0.25, 0.3) is 0 Å². The first-order chi connectivity index (χ1) is 9.01. The molecule has 0 aromatic rings. The zero-order chi connectivity index (χ0) is 15.6. The van der Waals surface area contributed by atoms with E-state index in [0.717, 1.165) is 4.31 Å². The molecule has 1 aliphatic rings. The number of hydrogen-bond donors (Lipinski definition) is 1. The minimum absolute atomic E-state index is 0.146. The van der Waals surface area contributed by atoms with E-state index in [1.54, 1.807) is 20.8 Å². The van der Waals surface area contributed by atoms with Gasteiger partial charge < -0.3 is 4.74 Å². The number of rotatable bonds is 4. The van der Waals surface area contributed by atoms with Gasteiger partial charge in [0.1, 0.15) is 0 Å². The van der Waals surface area contributed by atoms with Gasteiger partial charge in [-0.3, -0.25) is 9.59 Å². The maximum Gasteiger partial charge on any atom is 0.309 e. The number of piperidine rings is 1. The highest BCUT2D eigenvalue weighted by molar-refractivity contribution is 7.86. The Morgan fingerprint density at radius 1 is 1.25 bits per heavy atom. The summed E-state index contributed by atoms with van der Waals surface area (Å²) >= 11 is 0. The number of esters is 1. The van der Waals surface area contributed by atoms with E-state index in [1.165, 1.54) is 0 Å². The number of carbonyl (C=O) groups is 2. The zero-order valence-corrected chi connectivity index (χ0v) is 12.9. The van der Waals surface area contributed by atoms with Crippen LogP contribution in [0.5, 0.6) is 0 Å². The average Bonchev–Trinajstić information content (AvgIpc) is 2.33. The molecule has 20 heavy (non-hydrogen) atoms. The Morgan fingerprint density at radius 2 is 1.75 bits per heavy atom. The summed E-state index contributed by atoms with van der Waals surface area (Å²) in [6.45, 7) is 5.44. The predicted octanol–water partition coefficient (Wildman–Crippen LogP) is 0.0603. The lowest BCUT2D eigenvalue weighted by Crippen LogP contribution is -2.44. The van der Waals surface area contributed by atoms with E-state index in [0.29, 0.717) is 12.8 Å². The van der Waals surface area contributed by atoms with Crippen molar-refractivity contribution < 1.29 is 22.7 Å². The molecule has 8 heteroatoms. The second-order valence-electron chi connectivity index (χ2n) is 6.00. The topological polar surface area (TPSA) is 107 Å². The third-order valence-corrected chi connectivity index (χ3v) is 4.41. The van der Waals surface area contributed by atoms with E-state index in [2.05, 4.69) is 0 Å². The Balaban J connectivity index is 2.42. The first-order valence-corrected chi connectivity index (χ1v) is 8.00. The van der Waals surface area contributed by atoms with Gasteiger partial charge in [-0.2, -0.15) is 12.7 Å². The number of ether oxygens (including phenoxy) is 1. The van der Waals surface area contributed by atoms with E-state index in [9.17, 15) is 18.0 Å². The summed E-state index contributed by atoms with van der Waals surface area (Å²) in [5.74, 6) is -0.967. The van der Waals surface area contributed by atoms with Crippen molar-refractivity contribution >= 4 is 22.0 Å². The summed E-state index contributed by atoms with van der Waals surface area (Å²) in [5.41, 5.74) is -0.544. The van der Waals surface area contributed by atoms with Gasteiger partial charge in [-0.15, -0.1) is 0 Å². The summed E-state index contributed by atoms with van der Waals surface area (Å²) in [6, 6.07) is 0. The second-order valence-corrected chi connectivity index (χ2v) is 7.55. The molecular formula is C12H22N2O5S. The number of nitrogens with zero attached hydrogens (tertiary/aromatic N) is 1. The highest BCUT2D eigenvalue weighted by Crippen LogP contribution is 2.20. The van der Waals surface area contributed by atoms with Crippen LogP contribution in [-0.2, 0) is 24.5 Å². The van der Waals surface area contributed by atoms with Crippen molar-refractivity contribution in [2.45, 2.75) is 33.6 Å². The highest BCUT2D eigenvalue weighted by atomic mass is 32.2. The Hall–Kier alpha value is -0.990. The van der Waals surface area contributed by atoms with Crippen LogP contribution < -0.4 is 5.14 Å². The Labute approximate surface area is 119 Å². The van der Waals surface area contributed by atoms with Crippen LogP contribution >= 0.6 is 0 Å². The van der Waals surface area contributed by atoms with Crippen LogP contribution in [0, 0.1) is 11.3 Å². The third-order valence-electron chi connectivity index (χ3n) is 3.33. The normalized spacial score (nSPS) is 18.8. The van der Waals surface area contributed by atoms with Crippen LogP contribution in [0.3, 0.4) is 0 Å². The van der Waals surface area contributed by atoms with Crippen molar-refractivity contribution in [1.29, 1.82) is 0 Å². The molecule has 0 radical (unpaired) electrons. The van der Waals surface area contributed by atoms with Gasteiger partial charge in [-0.05, 0) is 12.8 Å². The Morgan fingerprint density at radius 3 is 2.15 bits per heavy atom. The van der Waals surface area contributed by atoms with E-state index < -0.39 is 21.6 Å². The SMILES string of the molecule is CC(C)(C)C(=O)COC(=O)C1CCN(S(N)(=O)=O)CC1. The molecule has 0 aromatic heterocycles. The highest BCUT2D eigenvalue weighted by Gasteiger charge is 2.31. The molecule has 1 heterocycles. The molecule has 0 spiro atoms. The van der Waals surface area contributed by atoms with Gasteiger partial charge >= 0.3 is 5.97 Å². The van der Waals surface area contributed by atoms with E-state index >= 15 is 0 Å². The quantitative estimate of drug-likeness (QED) is 0.739. The molecule has 1 aliphatic heterocycles. The van der Waals surface area contributed by atoms with Crippen molar-refractivity contribution in [2.75, 3.05) is 19.7 Å². The molecule has 0 amide bonds. The first-order valence-electron chi connectivity index (χ1n) is 6.49. The molecule has 0 saturated carbocycles. The maximum absolute atomic E-state index is 11.8. The van der Waals surface area contributed by atoms with Crippen LogP contribution in [0.15, 0.2) is 0 Å². The average molecular weight is 306 g/mol. The summed E-state index contributed by atoms with van der Waals surface area (Å²) in [5, 5.41) is 5.02. The van der Waals surface area contributed by atoms with Gasteiger partial charge in [-0.1, -0.05) is 20.8 Å². The number of nitrogens with two attached hydrogens (primary N) is 1. The van der Waals surface area contributed by atoms with Crippen LogP contribution in [-0.4, -0.2) is 44.2 Å². The van der Waals surface area contributed by atoms with Crippen LogP contribution in [0.4, 0.5) is 0 Å². The predicted molar refractivity (Wildman–Crippen MR) is 72.8 cm³/mol. The van der Waals surface area contributed by atoms with E-state index in [-0.39, 0.29) is 31.4 Å². The summed E-state index contributed by atoms with van der Waals surface area (Å²) in [6.07, 6.45) is 0.720. The second kappa shape index (κ2) is 6.19. The fourth-order valence-electron chi connectivity index (χ4n) is 1.82. The Kier molecular flexibility index (Phi) is 5.28. The van der Waals surface area contributed by atoms with Crippen molar-refractivity contribution in [2.24, 2.45) is 16.5 Å². The monoisotopic (exact) mass is 306 g/mol. The molecule has 0 unspecified atom stereocenters. The minimum atomic E-state index is -3.69. The third kappa shape index (κ3) is 4.84. The molecule has 1 saturated heterocycles. The van der Waals surface area contributed by atoms with Crippen molar-refractivity contribution in [3.8, 4) is 0 Å². The van der Waals surface area contributed by atoms with Gasteiger partial charge in [0.15, 0.2) is 12.4 Å². The van der Waals surface area contributed by atoms with Crippen LogP contribution in [0.1, 0.15) is 33.6 Å². The fraction of sp³-hybridized carbons (Fsp3) is 0.833. The molecule has 1 rings (SSSR count). The molecule has 0 atom stereocenters. The number of carbonyl (C=O) groups excluding carboxylic acids is 2. The molecule has 0 bridgehead atoms. The lowest BCUT2D eigenvalue weighted by Gasteiger charge is -2.28. The smallest absolute Gasteiger partial charge is 0.309 e. The summed E-state index contributed by atoms with van der Waals surface area (Å²) in [7, 11) is -3.69. The van der Waals surface area contributed by atoms with Crippen molar-refractivity contribution in [1.82, 2.24) is 4.31 Å². The minimum Gasteiger partial charge on any atom is -0.457 e. The largest absolute Gasteiger partial charge is 0.457 e. The lowest BCUT2D eigenvalue weighted by atomic mass is 9.91. The number of hydrogen-bond acceptors (Lipinski definition) is 5. The van der Waals surface area contributed by atoms with Gasteiger partial charge in [0.05, 0.1) is 5.92 Å². The maximum atomic E-state index is 11.8. The molecule has 0 aromatic carbocycles. The number of ketones is 1. The number of Topliss-reactive ketones (excluding diaryl/α,β-unsaturated/α-hetero) is 1. The summed E-state index contributed by atoms with van der Waals surface area (Å²) in [4.78, 5) is 23.5. The molecule has 7 nitrogen and oxygen atoms in total. The van der Waals surface area contributed by atoms with Gasteiger partial charge in [0, 0.05) is 18.5 Å². The fourth-order valence-corrected chi connectivity index (χ4v) is 2.54. The molecular weight excluding hydrogens is 284 g/mol. The summed E-state index contributed by atoms with van der Waals surface area (Å²) < 4.78 is 28.4. The Bertz CT molecular complexity index is 473. The molecule has 0 aliphatic carbocycles. The van der Waals surface area contributed by atoms with Gasteiger partial charge in [0.2, 0.25) is 0 Å². The van der Waals surface area contributed by atoms with Gasteiger partial charge in [-0.25, -0.2) is 5.14 Å². The zero-order valence-electron chi connectivity index (χ0n) is 12.1. The van der Waals surface area contributed by atoms with E-state index in [4.69, 9.17) is 9.88 Å². The molecule has 1 fully saturated rings. The lowest BCUT2D eigenvalue weighted by molar-refractivity contribution is -0.154. The standard InChI is InChI=1S/C12H22N2O5S/c1-12(2,3)10(15)8-19-11(16)9-4-6-14(7-5-9)20(13,17)18/h9H,4-8H2,1-3H3,(H2,13,17,18). The van der Waals surface area contributed by atoms with Crippen LogP contribution in [0.2, 0.25) is 0 Å². The first kappa shape index (κ1) is 17.1. The van der Waals surface area contributed by atoms with E-state index in [1.807, 2.05) is 0 Å². The van der Waals surface area contributed by atoms with Crippen molar-refractivity contribution in [3.05, 3.63) is 0 Å².